The van der Waals surface area contributed by atoms with E-state index in [0.717, 1.165) is 26.9 Å². The molecule has 0 spiro atoms. The molecule has 14 nitrogen and oxygen atoms in total. The van der Waals surface area contributed by atoms with Gasteiger partial charge in [0.2, 0.25) is 11.8 Å². The lowest BCUT2D eigenvalue weighted by molar-refractivity contribution is -0.157. The summed E-state index contributed by atoms with van der Waals surface area (Å²) in [6.07, 6.45) is -0.376. The number of methoxy groups -OCH3 is 2. The fourth-order valence-corrected chi connectivity index (χ4v) is 6.89. The van der Waals surface area contributed by atoms with Crippen molar-refractivity contribution in [2.24, 2.45) is 0 Å². The van der Waals surface area contributed by atoms with Gasteiger partial charge >= 0.3 is 12.0 Å². The number of hydrogen-bond acceptors (Lipinski definition) is 11. The van der Waals surface area contributed by atoms with Crippen molar-refractivity contribution in [1.29, 1.82) is 0 Å². The van der Waals surface area contributed by atoms with E-state index >= 15 is 0 Å². The topological polar surface area (TPSA) is 160 Å². The molecule has 1 aromatic heterocycles. The van der Waals surface area contributed by atoms with E-state index in [4.69, 9.17) is 15.2 Å². The number of nitrogens with zero attached hydrogens (tertiary/aromatic N) is 5. The van der Waals surface area contributed by atoms with Gasteiger partial charge in [0.1, 0.15) is 23.7 Å². The molecule has 6 rings (SSSR count). The van der Waals surface area contributed by atoms with Gasteiger partial charge in [-0.1, -0.05) is 47.7 Å². The predicted molar refractivity (Wildman–Crippen MR) is 181 cm³/mol. The molecule has 0 aliphatic carbocycles. The van der Waals surface area contributed by atoms with Crippen LogP contribution in [0.4, 0.5) is 9.93 Å². The molecule has 2 aliphatic rings. The van der Waals surface area contributed by atoms with E-state index in [0.29, 0.717) is 16.6 Å². The quantitative estimate of drug-likeness (QED) is 0.225. The Morgan fingerprint density at radius 1 is 1.02 bits per heavy atom. The van der Waals surface area contributed by atoms with Crippen molar-refractivity contribution in [3.8, 4) is 11.5 Å². The maximum Gasteiger partial charge on any atom is 0.343 e. The normalized spacial score (nSPS) is 17.6. The zero-order valence-corrected chi connectivity index (χ0v) is 28.1. The first-order valence-electron chi connectivity index (χ1n) is 15.6. The number of aromatic nitrogens is 1. The molecule has 4 aromatic rings. The number of para-hydroxylation sites is 1. The second-order valence-electron chi connectivity index (χ2n) is 11.7. The Morgan fingerprint density at radius 3 is 2.45 bits per heavy atom. The Bertz CT molecular complexity index is 1850. The highest BCUT2D eigenvalue weighted by atomic mass is 32.1. The number of carbonyl (C=O) groups excluding carboxylic acids is 4. The summed E-state index contributed by atoms with van der Waals surface area (Å²) >= 11 is 1.38. The Balaban J connectivity index is 1.24. The number of carbonyl (C=O) groups is 4. The number of piperazine rings is 1. The third kappa shape index (κ3) is 7.22. The van der Waals surface area contributed by atoms with Crippen LogP contribution in [0.25, 0.3) is 10.2 Å². The smallest absolute Gasteiger partial charge is 0.343 e. The fraction of sp³-hybridized carbons (Fsp3) is 0.324. The number of nitrogen functional groups attached to an aromatic ring is 1. The Hall–Kier alpha value is -5.41. The Labute approximate surface area is 286 Å². The van der Waals surface area contributed by atoms with Crippen LogP contribution in [-0.4, -0.2) is 102 Å². The molecule has 2 atom stereocenters. The molecule has 4 amide bonds. The van der Waals surface area contributed by atoms with E-state index in [1.54, 1.807) is 53.2 Å². The zero-order valence-electron chi connectivity index (χ0n) is 27.3. The minimum Gasteiger partial charge on any atom is -0.497 e. The third-order valence-corrected chi connectivity index (χ3v) is 9.52. The summed E-state index contributed by atoms with van der Waals surface area (Å²) in [6, 6.07) is 18.9. The third-order valence-electron chi connectivity index (χ3n) is 8.67. The number of esters is 1. The van der Waals surface area contributed by atoms with Crippen molar-refractivity contribution >= 4 is 50.5 Å². The summed E-state index contributed by atoms with van der Waals surface area (Å²) in [5.41, 5.74) is 9.25. The number of hydrogen-bond donors (Lipinski definition) is 2. The highest BCUT2D eigenvalue weighted by Gasteiger charge is 2.51. The molecule has 3 aromatic carbocycles. The molecule has 3 heterocycles. The van der Waals surface area contributed by atoms with Crippen molar-refractivity contribution in [2.75, 3.05) is 46.7 Å². The van der Waals surface area contributed by atoms with Crippen LogP contribution in [0.5, 0.6) is 11.5 Å². The number of hydrazine groups is 1. The highest BCUT2D eigenvalue weighted by molar-refractivity contribution is 7.22. The van der Waals surface area contributed by atoms with E-state index in [1.807, 2.05) is 42.5 Å². The fourth-order valence-electron chi connectivity index (χ4n) is 6.10. The molecule has 256 valence electrons. The van der Waals surface area contributed by atoms with Gasteiger partial charge in [-0.15, -0.1) is 0 Å². The molecule has 2 fully saturated rings. The number of thiazole rings is 1. The van der Waals surface area contributed by atoms with Gasteiger partial charge in [0, 0.05) is 26.6 Å². The summed E-state index contributed by atoms with van der Waals surface area (Å²) in [4.78, 5) is 60.6. The summed E-state index contributed by atoms with van der Waals surface area (Å²) in [5.74, 6) is 0.195. The lowest BCUT2D eigenvalue weighted by Gasteiger charge is -2.45. The van der Waals surface area contributed by atoms with Crippen molar-refractivity contribution in [3.05, 3.63) is 83.4 Å². The number of urea groups is 1. The molecule has 0 radical (unpaired) electrons. The number of nitrogens with two attached hydrogens (primary N) is 1. The molecule has 49 heavy (non-hydrogen) atoms. The highest BCUT2D eigenvalue weighted by Crippen LogP contribution is 2.32. The summed E-state index contributed by atoms with van der Waals surface area (Å²) < 4.78 is 16.2. The average molecular weight is 688 g/mol. The van der Waals surface area contributed by atoms with Crippen LogP contribution in [0.1, 0.15) is 16.7 Å². The van der Waals surface area contributed by atoms with Gasteiger partial charge in [-0.2, -0.15) is 5.01 Å². The van der Waals surface area contributed by atoms with Gasteiger partial charge in [0.15, 0.2) is 11.7 Å². The molecule has 3 N–H and O–H groups in total. The Morgan fingerprint density at radius 2 is 1.73 bits per heavy atom. The van der Waals surface area contributed by atoms with Crippen LogP contribution in [0, 0.1) is 0 Å². The molecule has 0 saturated carbocycles. The Kier molecular flexibility index (Phi) is 9.82. The predicted octanol–water partition coefficient (Wildman–Crippen LogP) is 2.62. The zero-order chi connectivity index (χ0) is 34.7. The van der Waals surface area contributed by atoms with Crippen LogP contribution >= 0.6 is 11.3 Å². The molecule has 0 unspecified atom stereocenters. The first-order valence-corrected chi connectivity index (χ1v) is 16.4. The van der Waals surface area contributed by atoms with Crippen LogP contribution < -0.4 is 20.5 Å². The molecule has 15 heteroatoms. The van der Waals surface area contributed by atoms with Gasteiger partial charge in [0.05, 0.1) is 37.5 Å². The number of amides is 4. The van der Waals surface area contributed by atoms with E-state index in [-0.39, 0.29) is 51.0 Å². The monoisotopic (exact) mass is 687 g/mol. The van der Waals surface area contributed by atoms with Gasteiger partial charge in [-0.3, -0.25) is 14.6 Å². The van der Waals surface area contributed by atoms with E-state index in [9.17, 15) is 19.2 Å². The van der Waals surface area contributed by atoms with Crippen LogP contribution in [-0.2, 0) is 38.6 Å². The standard InChI is InChI=1S/C34H37N7O7S/c1-38(34(45)36-16-22-9-11-24(46-2)12-10-22)40-19-29(42)41-26(15-21-7-13-25(14-8-21)48-20-30(43)47-3)32(44)39(18-28(40)41)17-23-5-4-6-27-31(23)37-33(35)49-27/h4-14,26,28H,15-20H2,1-3H3,(H2,35,37)(H,36,45)/t26-,28+/m0/s1. The number of rotatable bonds is 11. The number of ether oxygens (including phenoxy) is 3. The van der Waals surface area contributed by atoms with Crippen molar-refractivity contribution in [2.45, 2.75) is 31.7 Å². The molecule has 2 saturated heterocycles. The summed E-state index contributed by atoms with van der Waals surface area (Å²) in [5, 5.41) is 6.46. The number of nitrogens with one attached hydrogen (secondary N) is 1. The van der Waals surface area contributed by atoms with Crippen LogP contribution in [0.3, 0.4) is 0 Å². The van der Waals surface area contributed by atoms with Gasteiger partial charge in [0.25, 0.3) is 0 Å². The molecule has 0 bridgehead atoms. The van der Waals surface area contributed by atoms with Gasteiger partial charge in [-0.05, 0) is 47.0 Å². The number of benzene rings is 3. The molecule has 2 aliphatic heterocycles. The van der Waals surface area contributed by atoms with Crippen molar-refractivity contribution in [3.63, 3.8) is 0 Å². The van der Waals surface area contributed by atoms with Crippen LogP contribution in [0.2, 0.25) is 0 Å². The minimum atomic E-state index is -0.839. The number of anilines is 1. The van der Waals surface area contributed by atoms with E-state index in [2.05, 4.69) is 15.0 Å². The van der Waals surface area contributed by atoms with E-state index in [1.165, 1.54) is 23.5 Å². The van der Waals surface area contributed by atoms with Crippen molar-refractivity contribution in [1.82, 2.24) is 30.1 Å². The number of fused-ring (bicyclic) bond motifs is 2. The SMILES string of the molecule is COC(=O)COc1ccc(C[C@H]2C(=O)N(Cc3cccc4sc(N)nc34)C[C@H]3N2C(=O)CN3N(C)C(=O)NCc2ccc(OC)cc2)cc1. The summed E-state index contributed by atoms with van der Waals surface area (Å²) in [7, 11) is 4.49. The first kappa shape index (κ1) is 33.5. The second-order valence-corrected chi connectivity index (χ2v) is 12.7. The minimum absolute atomic E-state index is 0.0761. The van der Waals surface area contributed by atoms with Gasteiger partial charge in [-0.25, -0.2) is 14.6 Å². The largest absolute Gasteiger partial charge is 0.497 e. The lowest BCUT2D eigenvalue weighted by atomic mass is 9.99. The summed E-state index contributed by atoms with van der Waals surface area (Å²) in [6.45, 7) is 0.387. The van der Waals surface area contributed by atoms with Crippen LogP contribution in [0.15, 0.2) is 66.7 Å². The maximum absolute atomic E-state index is 14.2. The molecular weight excluding hydrogens is 650 g/mol. The second kappa shape index (κ2) is 14.4. The lowest BCUT2D eigenvalue weighted by Crippen LogP contribution is -2.65. The molecular formula is C34H37N7O7S. The van der Waals surface area contributed by atoms with Gasteiger partial charge < -0.3 is 35.1 Å². The van der Waals surface area contributed by atoms with E-state index < -0.39 is 24.2 Å². The van der Waals surface area contributed by atoms with Crippen molar-refractivity contribution < 1.29 is 33.4 Å². The first-order chi connectivity index (χ1) is 23.6. The average Bonchev–Trinajstić information content (AvgIpc) is 3.67. The maximum atomic E-state index is 14.2.